The molecule has 1 N–H and O–H groups in total. The Hall–Kier alpha value is -3.11. The van der Waals surface area contributed by atoms with Crippen LogP contribution in [0.5, 0.6) is 5.75 Å². The second-order valence-electron chi connectivity index (χ2n) is 12.0. The van der Waals surface area contributed by atoms with E-state index in [2.05, 4.69) is 4.90 Å². The van der Waals surface area contributed by atoms with Crippen LogP contribution in [0.1, 0.15) is 72.3 Å². The molecule has 44 heavy (non-hydrogen) atoms. The largest absolute Gasteiger partial charge is 0.492 e. The first-order valence-corrected chi connectivity index (χ1v) is 15.0. The maximum atomic E-state index is 14.1. The average molecular weight is 624 g/mol. The molecular weight excluding hydrogens is 587 g/mol. The van der Waals surface area contributed by atoms with E-state index in [4.69, 9.17) is 4.74 Å². The summed E-state index contributed by atoms with van der Waals surface area (Å²) in [5.41, 5.74) is -1.82. The third-order valence-corrected chi connectivity index (χ3v) is 9.36. The molecule has 1 saturated carbocycles. The van der Waals surface area contributed by atoms with Gasteiger partial charge in [-0.25, -0.2) is 4.39 Å². The Bertz CT molecular complexity index is 1370. The van der Waals surface area contributed by atoms with Crippen molar-refractivity contribution in [1.29, 1.82) is 0 Å². The van der Waals surface area contributed by atoms with Crippen molar-refractivity contribution < 1.29 is 40.6 Å². The van der Waals surface area contributed by atoms with Crippen LogP contribution in [-0.4, -0.2) is 42.4 Å². The van der Waals surface area contributed by atoms with Crippen LogP contribution in [0.4, 0.5) is 30.7 Å². The van der Waals surface area contributed by atoms with Gasteiger partial charge in [-0.05, 0) is 105 Å². The van der Waals surface area contributed by atoms with E-state index in [1.807, 2.05) is 42.5 Å². The number of hydrogen-bond donors (Lipinski definition) is 1. The monoisotopic (exact) mass is 623 g/mol. The van der Waals surface area contributed by atoms with Gasteiger partial charge in [-0.15, -0.1) is 0 Å². The SMILES string of the molecule is OCCc1cc(C(F)(F)F)cc(C(F)(F)F)c1OCC1(c2ccccc2)CCC(N2CCC(c3ccc(F)cc3)CC2)CC1. The molecule has 1 heterocycles. The summed E-state index contributed by atoms with van der Waals surface area (Å²) in [6.45, 7) is 1.03. The Morgan fingerprint density at radius 1 is 0.818 bits per heavy atom. The van der Waals surface area contributed by atoms with Gasteiger partial charge in [-0.3, -0.25) is 0 Å². The molecule has 0 amide bonds. The molecule has 3 aromatic carbocycles. The lowest BCUT2D eigenvalue weighted by atomic mass is 9.68. The van der Waals surface area contributed by atoms with Crippen LogP contribution >= 0.6 is 0 Å². The molecule has 2 aliphatic rings. The van der Waals surface area contributed by atoms with Gasteiger partial charge in [0.1, 0.15) is 11.6 Å². The third-order valence-electron chi connectivity index (χ3n) is 9.36. The van der Waals surface area contributed by atoms with Crippen molar-refractivity contribution in [2.45, 2.75) is 74.7 Å². The van der Waals surface area contributed by atoms with Gasteiger partial charge in [-0.1, -0.05) is 42.5 Å². The summed E-state index contributed by atoms with van der Waals surface area (Å²) in [6.07, 6.45) is -5.71. The number of aliphatic hydroxyl groups is 1. The van der Waals surface area contributed by atoms with Gasteiger partial charge >= 0.3 is 12.4 Å². The number of nitrogens with zero attached hydrogens (tertiary/aromatic N) is 1. The van der Waals surface area contributed by atoms with Gasteiger partial charge in [0, 0.05) is 18.1 Å². The number of alkyl halides is 6. The molecule has 0 bridgehead atoms. The summed E-state index contributed by atoms with van der Waals surface area (Å²) in [5.74, 6) is -0.538. The van der Waals surface area contributed by atoms with Crippen LogP contribution < -0.4 is 4.74 Å². The molecule has 0 unspecified atom stereocenters. The van der Waals surface area contributed by atoms with Crippen LogP contribution in [0.3, 0.4) is 0 Å². The number of halogens is 7. The van der Waals surface area contributed by atoms with E-state index in [1.54, 1.807) is 0 Å². The van der Waals surface area contributed by atoms with Gasteiger partial charge in [0.2, 0.25) is 0 Å². The van der Waals surface area contributed by atoms with E-state index in [1.165, 1.54) is 12.1 Å². The lowest BCUT2D eigenvalue weighted by Crippen LogP contribution is -2.47. The van der Waals surface area contributed by atoms with Crippen molar-refractivity contribution >= 4 is 0 Å². The number of piperidine rings is 1. The van der Waals surface area contributed by atoms with Crippen molar-refractivity contribution in [2.24, 2.45) is 0 Å². The minimum absolute atomic E-state index is 0.0951. The van der Waals surface area contributed by atoms with Crippen LogP contribution in [0.25, 0.3) is 0 Å². The van der Waals surface area contributed by atoms with Crippen LogP contribution in [0, 0.1) is 5.82 Å². The molecule has 0 radical (unpaired) electrons. The Balaban J connectivity index is 1.34. The van der Waals surface area contributed by atoms with Gasteiger partial charge < -0.3 is 14.7 Å². The topological polar surface area (TPSA) is 32.7 Å². The zero-order valence-corrected chi connectivity index (χ0v) is 24.2. The number of aliphatic hydroxyl groups excluding tert-OH is 1. The summed E-state index contributed by atoms with van der Waals surface area (Å²) in [4.78, 5) is 2.47. The summed E-state index contributed by atoms with van der Waals surface area (Å²) in [7, 11) is 0. The molecule has 2 fully saturated rings. The van der Waals surface area contributed by atoms with E-state index in [-0.39, 0.29) is 24.1 Å². The zero-order chi connectivity index (χ0) is 31.5. The highest BCUT2D eigenvalue weighted by Crippen LogP contribution is 2.46. The van der Waals surface area contributed by atoms with E-state index >= 15 is 0 Å². The number of benzene rings is 3. The van der Waals surface area contributed by atoms with Crippen molar-refractivity contribution in [3.8, 4) is 5.75 Å². The lowest BCUT2D eigenvalue weighted by molar-refractivity contribution is -0.144. The summed E-state index contributed by atoms with van der Waals surface area (Å²) >= 11 is 0. The number of ether oxygens (including phenoxy) is 1. The van der Waals surface area contributed by atoms with Crippen LogP contribution in [0.15, 0.2) is 66.7 Å². The van der Waals surface area contributed by atoms with E-state index < -0.39 is 47.7 Å². The highest BCUT2D eigenvalue weighted by molar-refractivity contribution is 5.48. The molecule has 1 aliphatic heterocycles. The van der Waals surface area contributed by atoms with E-state index in [9.17, 15) is 35.8 Å². The number of hydrogen-bond acceptors (Lipinski definition) is 3. The maximum absolute atomic E-state index is 14.1. The summed E-state index contributed by atoms with van der Waals surface area (Å²) in [5, 5.41) is 9.48. The molecule has 1 aliphatic carbocycles. The van der Waals surface area contributed by atoms with Gasteiger partial charge in [-0.2, -0.15) is 26.3 Å². The second-order valence-corrected chi connectivity index (χ2v) is 12.0. The minimum Gasteiger partial charge on any atom is -0.492 e. The van der Waals surface area contributed by atoms with Crippen molar-refractivity contribution in [3.63, 3.8) is 0 Å². The van der Waals surface area contributed by atoms with Gasteiger partial charge in [0.15, 0.2) is 0 Å². The highest BCUT2D eigenvalue weighted by atomic mass is 19.4. The molecule has 3 aromatic rings. The average Bonchev–Trinajstić information content (AvgIpc) is 3.00. The Morgan fingerprint density at radius 2 is 1.45 bits per heavy atom. The molecule has 3 nitrogen and oxygen atoms in total. The predicted molar refractivity (Wildman–Crippen MR) is 153 cm³/mol. The Kier molecular flexibility index (Phi) is 9.61. The molecule has 238 valence electrons. The molecule has 0 aromatic heterocycles. The summed E-state index contributed by atoms with van der Waals surface area (Å²) in [6, 6.07) is 17.1. The fourth-order valence-corrected chi connectivity index (χ4v) is 6.91. The third kappa shape index (κ3) is 7.23. The second kappa shape index (κ2) is 13.1. The summed E-state index contributed by atoms with van der Waals surface area (Å²) < 4.78 is 102. The minimum atomic E-state index is -5.08. The fourth-order valence-electron chi connectivity index (χ4n) is 6.91. The quantitative estimate of drug-likeness (QED) is 0.255. The van der Waals surface area contributed by atoms with Crippen LogP contribution in [-0.2, 0) is 24.2 Å². The first-order chi connectivity index (χ1) is 20.9. The number of rotatable bonds is 8. The molecule has 0 spiro atoms. The Labute approximate surface area is 252 Å². The zero-order valence-electron chi connectivity index (χ0n) is 24.2. The lowest BCUT2D eigenvalue weighted by Gasteiger charge is -2.45. The molecule has 10 heteroatoms. The van der Waals surface area contributed by atoms with Gasteiger partial charge in [0.05, 0.1) is 17.7 Å². The molecular formula is C34H36F7NO2. The van der Waals surface area contributed by atoms with Crippen molar-refractivity contribution in [3.05, 3.63) is 100 Å². The standard InChI is InChI=1S/C34H36F7NO2/c35-28-8-6-23(7-9-28)24-12-17-42(18-13-24)29-10-15-32(16-11-29,26-4-2-1-3-5-26)22-44-31-25(14-19-43)20-27(33(36,37)38)21-30(31)34(39,40)41/h1-9,20-21,24,29,43H,10-19,22H2. The molecule has 1 saturated heterocycles. The smallest absolute Gasteiger partial charge is 0.419 e. The normalized spacial score (nSPS) is 22.2. The molecule has 0 atom stereocenters. The van der Waals surface area contributed by atoms with E-state index in [0.717, 1.165) is 49.9 Å². The van der Waals surface area contributed by atoms with Crippen LogP contribution in [0.2, 0.25) is 0 Å². The van der Waals surface area contributed by atoms with Gasteiger partial charge in [0.25, 0.3) is 0 Å². The Morgan fingerprint density at radius 3 is 2.02 bits per heavy atom. The predicted octanol–water partition coefficient (Wildman–Crippen LogP) is 8.54. The highest BCUT2D eigenvalue weighted by Gasteiger charge is 2.43. The molecule has 5 rings (SSSR count). The maximum Gasteiger partial charge on any atom is 0.419 e. The van der Waals surface area contributed by atoms with Crippen molar-refractivity contribution in [1.82, 2.24) is 4.90 Å². The fraction of sp³-hybridized carbons (Fsp3) is 0.471. The first kappa shape index (κ1) is 32.3. The van der Waals surface area contributed by atoms with Crippen molar-refractivity contribution in [2.75, 3.05) is 26.3 Å². The van der Waals surface area contributed by atoms with E-state index in [0.29, 0.717) is 30.9 Å². The number of likely N-dealkylation sites (tertiary alicyclic amines) is 1. The first-order valence-electron chi connectivity index (χ1n) is 15.0.